The van der Waals surface area contributed by atoms with Crippen molar-refractivity contribution in [2.45, 2.75) is 19.4 Å². The Morgan fingerprint density at radius 3 is 2.17 bits per heavy atom. The zero-order chi connectivity index (χ0) is 20.6. The Morgan fingerprint density at radius 1 is 0.967 bits per heavy atom. The van der Waals surface area contributed by atoms with Gasteiger partial charge in [-0.05, 0) is 42.7 Å². The van der Waals surface area contributed by atoms with E-state index in [4.69, 9.17) is 4.74 Å². The number of amides is 2. The first-order valence-corrected chi connectivity index (χ1v) is 9.66. The summed E-state index contributed by atoms with van der Waals surface area (Å²) in [7, 11) is 3.37. The van der Waals surface area contributed by atoms with Crippen LogP contribution in [0.25, 0.3) is 0 Å². The molecule has 2 amide bonds. The number of hydrogen-bond acceptors (Lipinski definition) is 4. The molecule has 1 heterocycles. The standard InChI is InChI=1S/C22H26N4O3.HI/c1-23-22(25-15-16-9-11-17(29-2)12-10-16)24-13-5-6-14-26-20(27)18-7-3-4-8-19(18)21(26)28;/h3-4,7-12H,5-6,13-15H2,1-2H3,(H2,23,24,25);1H. The predicted octanol–water partition coefficient (Wildman–Crippen LogP) is 3.05. The zero-order valence-electron chi connectivity index (χ0n) is 17.2. The van der Waals surface area contributed by atoms with Gasteiger partial charge in [-0.2, -0.15) is 0 Å². The smallest absolute Gasteiger partial charge is 0.261 e. The number of rotatable bonds is 8. The third kappa shape index (κ3) is 5.71. The molecule has 2 aromatic rings. The number of unbranched alkanes of at least 4 members (excludes halogenated alkanes) is 1. The number of aliphatic imine (C=N–C) groups is 1. The van der Waals surface area contributed by atoms with Crippen molar-refractivity contribution in [3.8, 4) is 5.75 Å². The number of methoxy groups -OCH3 is 1. The minimum atomic E-state index is -0.199. The third-order valence-corrected chi connectivity index (χ3v) is 4.82. The number of imide groups is 1. The number of carbonyl (C=O) groups is 2. The molecule has 0 fully saturated rings. The van der Waals surface area contributed by atoms with Crippen molar-refractivity contribution in [1.82, 2.24) is 15.5 Å². The Balaban J connectivity index is 0.00000320. The van der Waals surface area contributed by atoms with Crippen molar-refractivity contribution in [3.63, 3.8) is 0 Å². The van der Waals surface area contributed by atoms with Gasteiger partial charge in [0.25, 0.3) is 11.8 Å². The van der Waals surface area contributed by atoms with Crippen molar-refractivity contribution in [2.75, 3.05) is 27.2 Å². The SMILES string of the molecule is CN=C(NCCCCN1C(=O)c2ccccc2C1=O)NCc1ccc(OC)cc1.I. The fraction of sp³-hybridized carbons (Fsp3) is 0.318. The molecule has 2 N–H and O–H groups in total. The van der Waals surface area contributed by atoms with Crippen molar-refractivity contribution in [2.24, 2.45) is 4.99 Å². The summed E-state index contributed by atoms with van der Waals surface area (Å²) >= 11 is 0. The Hall–Kier alpha value is -2.62. The van der Waals surface area contributed by atoms with Gasteiger partial charge in [0, 0.05) is 26.7 Å². The van der Waals surface area contributed by atoms with E-state index in [0.29, 0.717) is 36.7 Å². The summed E-state index contributed by atoms with van der Waals surface area (Å²) < 4.78 is 5.16. The predicted molar refractivity (Wildman–Crippen MR) is 128 cm³/mol. The van der Waals surface area contributed by atoms with Crippen molar-refractivity contribution in [1.29, 1.82) is 0 Å². The van der Waals surface area contributed by atoms with Crippen LogP contribution < -0.4 is 15.4 Å². The van der Waals surface area contributed by atoms with Gasteiger partial charge < -0.3 is 15.4 Å². The van der Waals surface area contributed by atoms with E-state index in [1.54, 1.807) is 38.4 Å². The number of carbonyl (C=O) groups excluding carboxylic acids is 2. The molecule has 1 aliphatic heterocycles. The highest BCUT2D eigenvalue weighted by Crippen LogP contribution is 2.22. The summed E-state index contributed by atoms with van der Waals surface area (Å²) in [5.74, 6) is 1.14. The molecule has 2 aromatic carbocycles. The molecule has 0 radical (unpaired) electrons. The van der Waals surface area contributed by atoms with Gasteiger partial charge in [-0.15, -0.1) is 24.0 Å². The van der Waals surface area contributed by atoms with Crippen LogP contribution in [0.5, 0.6) is 5.75 Å². The second-order valence-electron chi connectivity index (χ2n) is 6.72. The molecule has 0 saturated carbocycles. The van der Waals surface area contributed by atoms with Gasteiger partial charge in [-0.25, -0.2) is 0 Å². The molecule has 0 aromatic heterocycles. The average Bonchev–Trinajstić information content (AvgIpc) is 3.01. The van der Waals surface area contributed by atoms with Crippen LogP contribution in [0.1, 0.15) is 39.1 Å². The van der Waals surface area contributed by atoms with Crippen LogP contribution >= 0.6 is 24.0 Å². The first-order valence-electron chi connectivity index (χ1n) is 9.66. The fourth-order valence-electron chi connectivity index (χ4n) is 3.19. The van der Waals surface area contributed by atoms with E-state index in [1.807, 2.05) is 24.3 Å². The highest BCUT2D eigenvalue weighted by Gasteiger charge is 2.34. The van der Waals surface area contributed by atoms with E-state index < -0.39 is 0 Å². The Labute approximate surface area is 193 Å². The summed E-state index contributed by atoms with van der Waals surface area (Å²) in [4.78, 5) is 30.2. The summed E-state index contributed by atoms with van der Waals surface area (Å²) in [5, 5.41) is 6.51. The maximum Gasteiger partial charge on any atom is 0.261 e. The summed E-state index contributed by atoms with van der Waals surface area (Å²) in [6, 6.07) is 14.8. The fourth-order valence-corrected chi connectivity index (χ4v) is 3.19. The van der Waals surface area contributed by atoms with E-state index in [0.717, 1.165) is 24.2 Å². The van der Waals surface area contributed by atoms with Gasteiger partial charge in [0.05, 0.1) is 18.2 Å². The minimum Gasteiger partial charge on any atom is -0.497 e. The highest BCUT2D eigenvalue weighted by atomic mass is 127. The number of ether oxygens (including phenoxy) is 1. The molecule has 0 spiro atoms. The Bertz CT molecular complexity index is 865. The number of halogens is 1. The quantitative estimate of drug-likeness (QED) is 0.183. The monoisotopic (exact) mass is 522 g/mol. The van der Waals surface area contributed by atoms with Gasteiger partial charge in [0.1, 0.15) is 5.75 Å². The largest absolute Gasteiger partial charge is 0.497 e. The summed E-state index contributed by atoms with van der Waals surface area (Å²) in [6.07, 6.45) is 1.55. The molecule has 8 heteroatoms. The van der Waals surface area contributed by atoms with Crippen LogP contribution in [0.15, 0.2) is 53.5 Å². The lowest BCUT2D eigenvalue weighted by molar-refractivity contribution is 0.0652. The van der Waals surface area contributed by atoms with Gasteiger partial charge in [0.15, 0.2) is 5.96 Å². The first kappa shape index (κ1) is 23.7. The molecule has 0 aliphatic carbocycles. The first-order chi connectivity index (χ1) is 14.1. The van der Waals surface area contributed by atoms with Gasteiger partial charge >= 0.3 is 0 Å². The van der Waals surface area contributed by atoms with Crippen LogP contribution in [0, 0.1) is 0 Å². The van der Waals surface area contributed by atoms with E-state index in [1.165, 1.54) is 4.90 Å². The average molecular weight is 522 g/mol. The maximum absolute atomic E-state index is 12.3. The number of hydrogen-bond donors (Lipinski definition) is 2. The molecule has 30 heavy (non-hydrogen) atoms. The summed E-state index contributed by atoms with van der Waals surface area (Å²) in [5.41, 5.74) is 2.12. The maximum atomic E-state index is 12.3. The number of fused-ring (bicyclic) bond motifs is 1. The van der Waals surface area contributed by atoms with E-state index in [-0.39, 0.29) is 35.8 Å². The molecule has 7 nitrogen and oxygen atoms in total. The van der Waals surface area contributed by atoms with Gasteiger partial charge in [-0.3, -0.25) is 19.5 Å². The number of guanidine groups is 1. The van der Waals surface area contributed by atoms with Gasteiger partial charge in [-0.1, -0.05) is 24.3 Å². The lowest BCUT2D eigenvalue weighted by Crippen LogP contribution is -2.37. The van der Waals surface area contributed by atoms with E-state index in [9.17, 15) is 9.59 Å². The van der Waals surface area contributed by atoms with Crippen molar-refractivity contribution >= 4 is 41.8 Å². The normalized spacial score (nSPS) is 13.0. The highest BCUT2D eigenvalue weighted by molar-refractivity contribution is 14.0. The lowest BCUT2D eigenvalue weighted by Gasteiger charge is -2.15. The number of nitrogens with zero attached hydrogens (tertiary/aromatic N) is 2. The topological polar surface area (TPSA) is 83.0 Å². The minimum absolute atomic E-state index is 0. The number of nitrogens with one attached hydrogen (secondary N) is 2. The second-order valence-corrected chi connectivity index (χ2v) is 6.72. The van der Waals surface area contributed by atoms with Crippen LogP contribution in [0.4, 0.5) is 0 Å². The van der Waals surface area contributed by atoms with Crippen LogP contribution in [-0.2, 0) is 6.54 Å². The van der Waals surface area contributed by atoms with E-state index in [2.05, 4.69) is 15.6 Å². The lowest BCUT2D eigenvalue weighted by atomic mass is 10.1. The Kier molecular flexibility index (Phi) is 9.10. The zero-order valence-corrected chi connectivity index (χ0v) is 19.5. The van der Waals surface area contributed by atoms with Crippen molar-refractivity contribution in [3.05, 3.63) is 65.2 Å². The summed E-state index contributed by atoms with van der Waals surface area (Å²) in [6.45, 7) is 1.77. The molecule has 0 bridgehead atoms. The van der Waals surface area contributed by atoms with Gasteiger partial charge in [0.2, 0.25) is 0 Å². The molecular weight excluding hydrogens is 495 g/mol. The molecule has 3 rings (SSSR count). The molecular formula is C22H27IN4O3. The van der Waals surface area contributed by atoms with Crippen molar-refractivity contribution < 1.29 is 14.3 Å². The number of benzene rings is 2. The second kappa shape index (κ2) is 11.5. The van der Waals surface area contributed by atoms with Crippen LogP contribution in [0.2, 0.25) is 0 Å². The molecule has 0 atom stereocenters. The Morgan fingerprint density at radius 2 is 1.60 bits per heavy atom. The van der Waals surface area contributed by atoms with Crippen LogP contribution in [0.3, 0.4) is 0 Å². The molecule has 0 unspecified atom stereocenters. The third-order valence-electron chi connectivity index (χ3n) is 4.82. The molecule has 0 saturated heterocycles. The molecule has 160 valence electrons. The van der Waals surface area contributed by atoms with Crippen LogP contribution in [-0.4, -0.2) is 49.9 Å². The molecule has 1 aliphatic rings. The van der Waals surface area contributed by atoms with E-state index >= 15 is 0 Å².